The number of rotatable bonds is 5. The number of fused-ring (bicyclic) bond motifs is 1. The fourth-order valence-corrected chi connectivity index (χ4v) is 3.39. The fraction of sp³-hybridized carbons (Fsp3) is 0.192. The average molecular weight is 450 g/mol. The summed E-state index contributed by atoms with van der Waals surface area (Å²) in [4.78, 5) is 12.6. The lowest BCUT2D eigenvalue weighted by Gasteiger charge is -2.19. The molecule has 32 heavy (non-hydrogen) atoms. The Kier molecular flexibility index (Phi) is 6.10. The summed E-state index contributed by atoms with van der Waals surface area (Å²) >= 11 is 6.20. The molecule has 0 saturated heterocycles. The zero-order valence-corrected chi connectivity index (χ0v) is 18.9. The molecule has 1 aromatic heterocycles. The van der Waals surface area contributed by atoms with Crippen molar-refractivity contribution >= 4 is 28.6 Å². The summed E-state index contributed by atoms with van der Waals surface area (Å²) in [5.74, 6) is 1.66. The smallest absolute Gasteiger partial charge is 0.418 e. The Morgan fingerprint density at radius 2 is 1.69 bits per heavy atom. The highest BCUT2D eigenvalue weighted by molar-refractivity contribution is 6.30. The summed E-state index contributed by atoms with van der Waals surface area (Å²) in [6.07, 6.45) is 1.24. The number of carbonyl (C=O) groups excluding carboxylic acids is 1. The van der Waals surface area contributed by atoms with Crippen molar-refractivity contribution in [3.8, 4) is 17.2 Å². The lowest BCUT2D eigenvalue weighted by Crippen LogP contribution is -2.26. The van der Waals surface area contributed by atoms with Gasteiger partial charge < -0.3 is 14.2 Å². The van der Waals surface area contributed by atoms with Gasteiger partial charge in [-0.15, -0.1) is 0 Å². The van der Waals surface area contributed by atoms with E-state index in [1.807, 2.05) is 75.4 Å². The minimum Gasteiger partial charge on any atom is -0.485 e. The Morgan fingerprint density at radius 3 is 2.44 bits per heavy atom. The molecule has 0 unspecified atom stereocenters. The number of benzene rings is 3. The molecule has 0 saturated carbocycles. The first-order chi connectivity index (χ1) is 15.3. The molecular formula is C26H24ClNO4. The second-order valence-corrected chi connectivity index (χ2v) is 8.76. The van der Waals surface area contributed by atoms with Crippen LogP contribution in [0.25, 0.3) is 10.9 Å². The average Bonchev–Trinajstić information content (AvgIpc) is 3.19. The van der Waals surface area contributed by atoms with Crippen LogP contribution in [0.3, 0.4) is 0 Å². The summed E-state index contributed by atoms with van der Waals surface area (Å²) in [7, 11) is 0. The zero-order chi connectivity index (χ0) is 22.7. The molecule has 4 rings (SSSR count). The van der Waals surface area contributed by atoms with Gasteiger partial charge in [0.15, 0.2) is 11.5 Å². The molecule has 5 nitrogen and oxygen atoms in total. The summed E-state index contributed by atoms with van der Waals surface area (Å²) in [6.45, 7) is 5.89. The molecule has 1 heterocycles. The van der Waals surface area contributed by atoms with Crippen LogP contribution in [0, 0.1) is 0 Å². The molecule has 164 valence electrons. The van der Waals surface area contributed by atoms with Crippen molar-refractivity contribution < 1.29 is 19.0 Å². The van der Waals surface area contributed by atoms with E-state index in [0.717, 1.165) is 10.9 Å². The molecule has 4 aromatic rings. The molecule has 0 aliphatic heterocycles. The first kappa shape index (κ1) is 21.8. The van der Waals surface area contributed by atoms with E-state index in [-0.39, 0.29) is 0 Å². The Morgan fingerprint density at radius 1 is 0.906 bits per heavy atom. The molecule has 0 N–H and O–H groups in total. The maximum atomic E-state index is 12.6. The number of hydrogen-bond donors (Lipinski definition) is 0. The molecule has 0 bridgehead atoms. The fourth-order valence-electron chi connectivity index (χ4n) is 3.23. The van der Waals surface area contributed by atoms with Crippen molar-refractivity contribution in [2.75, 3.05) is 0 Å². The maximum absolute atomic E-state index is 12.6. The largest absolute Gasteiger partial charge is 0.485 e. The van der Waals surface area contributed by atoms with Gasteiger partial charge in [-0.1, -0.05) is 48.0 Å². The van der Waals surface area contributed by atoms with Gasteiger partial charge >= 0.3 is 6.09 Å². The Balaban J connectivity index is 1.62. The summed E-state index contributed by atoms with van der Waals surface area (Å²) < 4.78 is 19.2. The van der Waals surface area contributed by atoms with Gasteiger partial charge in [-0.2, -0.15) is 0 Å². The zero-order valence-electron chi connectivity index (χ0n) is 18.2. The van der Waals surface area contributed by atoms with E-state index in [0.29, 0.717) is 34.4 Å². The molecule has 6 heteroatoms. The first-order valence-electron chi connectivity index (χ1n) is 10.3. The second kappa shape index (κ2) is 8.97. The predicted octanol–water partition coefficient (Wildman–Crippen LogP) is 7.45. The molecule has 0 aliphatic carbocycles. The van der Waals surface area contributed by atoms with Crippen LogP contribution in [-0.4, -0.2) is 16.3 Å². The number of halogens is 1. The third-order valence-electron chi connectivity index (χ3n) is 4.65. The van der Waals surface area contributed by atoms with Gasteiger partial charge in [-0.3, -0.25) is 4.57 Å². The van der Waals surface area contributed by atoms with Crippen molar-refractivity contribution in [3.05, 3.63) is 89.6 Å². The van der Waals surface area contributed by atoms with Gasteiger partial charge in [0.1, 0.15) is 18.0 Å². The normalized spacial score (nSPS) is 11.4. The number of hydrogen-bond acceptors (Lipinski definition) is 4. The van der Waals surface area contributed by atoms with E-state index in [4.69, 9.17) is 25.8 Å². The number of carbonyl (C=O) groups is 1. The maximum Gasteiger partial charge on any atom is 0.418 e. The van der Waals surface area contributed by atoms with E-state index in [1.54, 1.807) is 24.4 Å². The predicted molar refractivity (Wildman–Crippen MR) is 126 cm³/mol. The van der Waals surface area contributed by atoms with E-state index >= 15 is 0 Å². The van der Waals surface area contributed by atoms with Gasteiger partial charge in [0.05, 0.1) is 5.52 Å². The summed E-state index contributed by atoms with van der Waals surface area (Å²) in [5.41, 5.74) is 1.14. The highest BCUT2D eigenvalue weighted by atomic mass is 35.5. The number of nitrogens with zero attached hydrogens (tertiary/aromatic N) is 1. The Bertz CT molecular complexity index is 1240. The second-order valence-electron chi connectivity index (χ2n) is 8.32. The van der Waals surface area contributed by atoms with E-state index in [2.05, 4.69) is 0 Å². The molecule has 3 aromatic carbocycles. The molecule has 0 atom stereocenters. The standard InChI is InChI=1S/C26H24ClNO4/c1-26(2,3)32-25(29)28-15-14-20-21(28)10-7-11-22(20)31-23-13-12-19(27)16-24(23)30-17-18-8-5-4-6-9-18/h4-16H,17H2,1-3H3. The van der Waals surface area contributed by atoms with Crippen molar-refractivity contribution in [1.82, 2.24) is 4.57 Å². The van der Waals surface area contributed by atoms with Crippen molar-refractivity contribution in [3.63, 3.8) is 0 Å². The number of ether oxygens (including phenoxy) is 3. The molecule has 0 amide bonds. The van der Waals surface area contributed by atoms with E-state index in [1.165, 1.54) is 4.57 Å². The lowest BCUT2D eigenvalue weighted by molar-refractivity contribution is 0.0544. The molecular weight excluding hydrogens is 426 g/mol. The summed E-state index contributed by atoms with van der Waals surface area (Å²) in [6, 6.07) is 22.5. The molecule has 0 fully saturated rings. The van der Waals surface area contributed by atoms with Crippen molar-refractivity contribution in [1.29, 1.82) is 0 Å². The number of aromatic nitrogens is 1. The quantitative estimate of drug-likeness (QED) is 0.317. The van der Waals surface area contributed by atoms with Gasteiger partial charge in [-0.05, 0) is 56.7 Å². The Hall–Kier alpha value is -3.44. The van der Waals surface area contributed by atoms with Crippen LogP contribution in [0.2, 0.25) is 5.02 Å². The first-order valence-corrected chi connectivity index (χ1v) is 10.7. The topological polar surface area (TPSA) is 49.7 Å². The highest BCUT2D eigenvalue weighted by Gasteiger charge is 2.20. The third-order valence-corrected chi connectivity index (χ3v) is 4.88. The monoisotopic (exact) mass is 449 g/mol. The van der Waals surface area contributed by atoms with Gasteiger partial charge in [0.2, 0.25) is 0 Å². The van der Waals surface area contributed by atoms with Crippen LogP contribution in [-0.2, 0) is 11.3 Å². The van der Waals surface area contributed by atoms with E-state index in [9.17, 15) is 4.79 Å². The van der Waals surface area contributed by atoms with Crippen LogP contribution in [0.5, 0.6) is 17.2 Å². The minimum atomic E-state index is -0.587. The third kappa shape index (κ3) is 5.06. The summed E-state index contributed by atoms with van der Waals surface area (Å²) in [5, 5.41) is 1.33. The van der Waals surface area contributed by atoms with Gasteiger partial charge in [0.25, 0.3) is 0 Å². The van der Waals surface area contributed by atoms with Crippen LogP contribution >= 0.6 is 11.6 Å². The van der Waals surface area contributed by atoms with Crippen molar-refractivity contribution in [2.24, 2.45) is 0 Å². The Labute approximate surface area is 192 Å². The minimum absolute atomic E-state index is 0.386. The van der Waals surface area contributed by atoms with Crippen LogP contribution in [0.1, 0.15) is 26.3 Å². The molecule has 0 spiro atoms. The van der Waals surface area contributed by atoms with Gasteiger partial charge in [0, 0.05) is 22.7 Å². The van der Waals surface area contributed by atoms with E-state index < -0.39 is 11.7 Å². The lowest BCUT2D eigenvalue weighted by atomic mass is 10.2. The SMILES string of the molecule is CC(C)(C)OC(=O)n1ccc2c(Oc3ccc(Cl)cc3OCc3ccccc3)cccc21. The van der Waals surface area contributed by atoms with Crippen LogP contribution < -0.4 is 9.47 Å². The molecule has 0 aliphatic rings. The molecule has 0 radical (unpaired) electrons. The van der Waals surface area contributed by atoms with Crippen LogP contribution in [0.4, 0.5) is 4.79 Å². The highest BCUT2D eigenvalue weighted by Crippen LogP contribution is 2.37. The van der Waals surface area contributed by atoms with Crippen LogP contribution in [0.15, 0.2) is 79.0 Å². The van der Waals surface area contributed by atoms with Gasteiger partial charge in [-0.25, -0.2) is 4.79 Å². The van der Waals surface area contributed by atoms with Crippen molar-refractivity contribution in [2.45, 2.75) is 33.0 Å².